The number of nitrogens with one attached hydrogen (secondary N) is 2. The van der Waals surface area contributed by atoms with Crippen LogP contribution in [0, 0.1) is 0 Å². The second-order valence-electron chi connectivity index (χ2n) is 8.15. The molecule has 2 aromatic carbocycles. The van der Waals surface area contributed by atoms with E-state index in [1.54, 1.807) is 17.0 Å². The molecule has 6 heteroatoms. The smallest absolute Gasteiger partial charge is 0.336 e. The predicted molar refractivity (Wildman–Crippen MR) is 119 cm³/mol. The Morgan fingerprint density at radius 2 is 1.90 bits per heavy atom. The number of likely N-dealkylation sites (tertiary alicyclic amines) is 1. The highest BCUT2D eigenvalue weighted by atomic mass is 16.5. The zero-order chi connectivity index (χ0) is 21.6. The summed E-state index contributed by atoms with van der Waals surface area (Å²) < 4.78 is 10.9. The third-order valence-corrected chi connectivity index (χ3v) is 5.91. The third kappa shape index (κ3) is 5.52. The first-order valence-electron chi connectivity index (χ1n) is 11.0. The van der Waals surface area contributed by atoms with Crippen LogP contribution in [0.5, 0.6) is 5.75 Å². The van der Waals surface area contributed by atoms with Gasteiger partial charge in [-0.05, 0) is 24.1 Å². The SMILES string of the molecule is CCc1cc(=O)oc2cc(OCC(=O)NC3CC[NH+](Cc4ccccc4)CC3)ccc12. The lowest BCUT2D eigenvalue weighted by atomic mass is 10.0. The second kappa shape index (κ2) is 9.79. The fourth-order valence-corrected chi connectivity index (χ4v) is 4.24. The van der Waals surface area contributed by atoms with E-state index in [-0.39, 0.29) is 24.2 Å². The average Bonchev–Trinajstić information content (AvgIpc) is 2.79. The van der Waals surface area contributed by atoms with Gasteiger partial charge in [0.15, 0.2) is 6.61 Å². The third-order valence-electron chi connectivity index (χ3n) is 5.91. The fraction of sp³-hybridized carbons (Fsp3) is 0.360. The van der Waals surface area contributed by atoms with Crippen molar-refractivity contribution in [3.05, 3.63) is 76.1 Å². The maximum Gasteiger partial charge on any atom is 0.336 e. The monoisotopic (exact) mass is 421 g/mol. The molecule has 1 amide bonds. The number of hydrogen-bond donors (Lipinski definition) is 2. The van der Waals surface area contributed by atoms with E-state index < -0.39 is 0 Å². The van der Waals surface area contributed by atoms with Crippen molar-refractivity contribution in [3.63, 3.8) is 0 Å². The van der Waals surface area contributed by atoms with Gasteiger partial charge in [-0.2, -0.15) is 0 Å². The summed E-state index contributed by atoms with van der Waals surface area (Å²) in [5.41, 5.74) is 2.40. The zero-order valence-electron chi connectivity index (χ0n) is 17.9. The zero-order valence-corrected chi connectivity index (χ0v) is 17.9. The largest absolute Gasteiger partial charge is 0.484 e. The van der Waals surface area contributed by atoms with Gasteiger partial charge in [0, 0.05) is 42.0 Å². The lowest BCUT2D eigenvalue weighted by Gasteiger charge is -2.29. The van der Waals surface area contributed by atoms with Gasteiger partial charge in [-0.1, -0.05) is 37.3 Å². The molecule has 0 atom stereocenters. The van der Waals surface area contributed by atoms with Crippen LogP contribution in [0.15, 0.2) is 63.8 Å². The van der Waals surface area contributed by atoms with Crippen molar-refractivity contribution in [1.82, 2.24) is 5.32 Å². The molecule has 1 aliphatic heterocycles. The van der Waals surface area contributed by atoms with Crippen LogP contribution < -0.4 is 20.6 Å². The number of ether oxygens (including phenoxy) is 1. The van der Waals surface area contributed by atoms with E-state index in [2.05, 4.69) is 29.6 Å². The van der Waals surface area contributed by atoms with Crippen LogP contribution in [-0.4, -0.2) is 31.6 Å². The Bertz CT molecular complexity index is 1090. The van der Waals surface area contributed by atoms with Gasteiger partial charge in [-0.25, -0.2) is 4.79 Å². The van der Waals surface area contributed by atoms with E-state index in [1.165, 1.54) is 11.6 Å². The van der Waals surface area contributed by atoms with Gasteiger partial charge in [-0.3, -0.25) is 4.79 Å². The fourth-order valence-electron chi connectivity index (χ4n) is 4.24. The van der Waals surface area contributed by atoms with Gasteiger partial charge in [0.05, 0.1) is 13.1 Å². The molecule has 1 saturated heterocycles. The summed E-state index contributed by atoms with van der Waals surface area (Å²) in [5, 5.41) is 3.98. The minimum atomic E-state index is -0.375. The Balaban J connectivity index is 1.26. The highest BCUT2D eigenvalue weighted by molar-refractivity contribution is 5.82. The minimum Gasteiger partial charge on any atom is -0.484 e. The number of piperidine rings is 1. The molecule has 3 aromatic rings. The van der Waals surface area contributed by atoms with Gasteiger partial charge >= 0.3 is 5.63 Å². The Hall–Kier alpha value is -3.12. The van der Waals surface area contributed by atoms with Gasteiger partial charge in [0.1, 0.15) is 17.9 Å². The molecule has 0 spiro atoms. The van der Waals surface area contributed by atoms with Crippen LogP contribution in [0.4, 0.5) is 0 Å². The number of carbonyl (C=O) groups excluding carboxylic acids is 1. The first kappa shape index (κ1) is 21.1. The molecule has 0 radical (unpaired) electrons. The molecule has 6 nitrogen and oxygen atoms in total. The summed E-state index contributed by atoms with van der Waals surface area (Å²) >= 11 is 0. The Labute approximate surface area is 181 Å². The van der Waals surface area contributed by atoms with Gasteiger partial charge < -0.3 is 19.4 Å². The van der Waals surface area contributed by atoms with E-state index in [1.807, 2.05) is 19.1 Å². The first-order valence-corrected chi connectivity index (χ1v) is 11.0. The lowest BCUT2D eigenvalue weighted by molar-refractivity contribution is -0.918. The molecule has 0 bridgehead atoms. The van der Waals surface area contributed by atoms with Gasteiger partial charge in [0.2, 0.25) is 0 Å². The quantitative estimate of drug-likeness (QED) is 0.573. The van der Waals surface area contributed by atoms with Crippen molar-refractivity contribution in [2.24, 2.45) is 0 Å². The normalized spacial score (nSPS) is 18.6. The summed E-state index contributed by atoms with van der Waals surface area (Å²) in [6.07, 6.45) is 2.68. The summed E-state index contributed by atoms with van der Waals surface area (Å²) in [6, 6.07) is 17.6. The lowest BCUT2D eigenvalue weighted by Crippen LogP contribution is -3.12. The molecule has 2 N–H and O–H groups in total. The minimum absolute atomic E-state index is 0.0553. The van der Waals surface area contributed by atoms with Crippen molar-refractivity contribution in [1.29, 1.82) is 0 Å². The molecule has 162 valence electrons. The molecule has 4 rings (SSSR count). The van der Waals surface area contributed by atoms with E-state index in [0.29, 0.717) is 11.3 Å². The number of rotatable bonds is 7. The molecule has 31 heavy (non-hydrogen) atoms. The highest BCUT2D eigenvalue weighted by Gasteiger charge is 2.23. The van der Waals surface area contributed by atoms with Gasteiger partial charge in [0.25, 0.3) is 5.91 Å². The second-order valence-corrected chi connectivity index (χ2v) is 8.15. The van der Waals surface area contributed by atoms with Crippen LogP contribution in [0.25, 0.3) is 11.0 Å². The van der Waals surface area contributed by atoms with E-state index in [9.17, 15) is 9.59 Å². The summed E-state index contributed by atoms with van der Waals surface area (Å²) in [5.74, 6) is 0.390. The maximum absolute atomic E-state index is 12.4. The van der Waals surface area contributed by atoms with Crippen molar-refractivity contribution >= 4 is 16.9 Å². The van der Waals surface area contributed by atoms with Crippen LogP contribution in [0.3, 0.4) is 0 Å². The topological polar surface area (TPSA) is 73.0 Å². The molecular weight excluding hydrogens is 392 g/mol. The summed E-state index contributed by atoms with van der Waals surface area (Å²) in [4.78, 5) is 25.6. The number of benzene rings is 2. The van der Waals surface area contributed by atoms with Crippen LogP contribution >= 0.6 is 0 Å². The number of quaternary nitrogens is 1. The standard InChI is InChI=1S/C25H28N2O4/c1-2-19-14-25(29)31-23-15-21(8-9-22(19)23)30-17-24(28)26-20-10-12-27(13-11-20)16-18-6-4-3-5-7-18/h3-9,14-15,20H,2,10-13,16-17H2,1H3,(H,26,28)/p+1. The highest BCUT2D eigenvalue weighted by Crippen LogP contribution is 2.23. The number of carbonyl (C=O) groups is 1. The first-order chi connectivity index (χ1) is 15.1. The van der Waals surface area contributed by atoms with Crippen LogP contribution in [0.2, 0.25) is 0 Å². The van der Waals surface area contributed by atoms with E-state index in [4.69, 9.17) is 9.15 Å². The number of hydrogen-bond acceptors (Lipinski definition) is 4. The summed E-state index contributed by atoms with van der Waals surface area (Å²) in [7, 11) is 0. The maximum atomic E-state index is 12.4. The molecule has 1 aromatic heterocycles. The number of fused-ring (bicyclic) bond motifs is 1. The van der Waals surface area contributed by atoms with Gasteiger partial charge in [-0.15, -0.1) is 0 Å². The van der Waals surface area contributed by atoms with Crippen molar-refractivity contribution in [2.45, 2.75) is 38.8 Å². The van der Waals surface area contributed by atoms with Crippen molar-refractivity contribution in [3.8, 4) is 5.75 Å². The van der Waals surface area contributed by atoms with Crippen LogP contribution in [0.1, 0.15) is 30.9 Å². The predicted octanol–water partition coefficient (Wildman–Crippen LogP) is 2.10. The van der Waals surface area contributed by atoms with Crippen molar-refractivity contribution < 1.29 is 18.8 Å². The van der Waals surface area contributed by atoms with Crippen molar-refractivity contribution in [2.75, 3.05) is 19.7 Å². The molecular formula is C25H29N2O4+. The van der Waals surface area contributed by atoms with Crippen LogP contribution in [-0.2, 0) is 17.8 Å². The van der Waals surface area contributed by atoms with E-state index in [0.717, 1.165) is 49.8 Å². The molecule has 1 fully saturated rings. The molecule has 0 unspecified atom stereocenters. The Morgan fingerprint density at radius 3 is 2.65 bits per heavy atom. The molecule has 0 aliphatic carbocycles. The summed E-state index contributed by atoms with van der Waals surface area (Å²) in [6.45, 7) is 5.06. The molecule has 0 saturated carbocycles. The Morgan fingerprint density at radius 1 is 1.13 bits per heavy atom. The van der Waals surface area contributed by atoms with E-state index >= 15 is 0 Å². The molecule has 1 aliphatic rings. The number of aryl methyl sites for hydroxylation is 1. The molecule has 2 heterocycles. The number of amides is 1. The Kier molecular flexibility index (Phi) is 6.67. The average molecular weight is 422 g/mol.